The summed E-state index contributed by atoms with van der Waals surface area (Å²) in [4.78, 5) is 2.40. The van der Waals surface area contributed by atoms with Crippen molar-refractivity contribution in [3.8, 4) is 44.5 Å². The summed E-state index contributed by atoms with van der Waals surface area (Å²) in [7, 11) is 0. The summed E-state index contributed by atoms with van der Waals surface area (Å²) in [5.74, 6) is 0. The minimum absolute atomic E-state index is 0.885. The molecule has 0 bridgehead atoms. The second-order valence-corrected chi connectivity index (χ2v) is 16.1. The fourth-order valence-corrected chi connectivity index (χ4v) is 9.46. The molecule has 0 aliphatic heterocycles. The number of rotatable bonds is 7. The van der Waals surface area contributed by atoms with Crippen LogP contribution in [-0.2, 0) is 0 Å². The van der Waals surface area contributed by atoms with E-state index in [2.05, 4.69) is 241 Å². The van der Waals surface area contributed by atoms with E-state index in [9.17, 15) is 0 Å². The van der Waals surface area contributed by atoms with Gasteiger partial charge in [-0.05, 0) is 114 Å². The Balaban J connectivity index is 1.02. The smallest absolute Gasteiger partial charge is 0.143 e. The largest absolute Gasteiger partial charge is 0.455 e. The molecule has 0 atom stereocenters. The number of anilines is 3. The van der Waals surface area contributed by atoms with Gasteiger partial charge < -0.3 is 9.32 Å². The summed E-state index contributed by atoms with van der Waals surface area (Å²) in [5, 5.41) is 9.57. The minimum Gasteiger partial charge on any atom is -0.455 e. The zero-order valence-corrected chi connectivity index (χ0v) is 33.9. The highest BCUT2D eigenvalue weighted by Gasteiger charge is 2.21. The van der Waals surface area contributed by atoms with E-state index in [1.54, 1.807) is 0 Å². The van der Waals surface area contributed by atoms with E-state index in [0.29, 0.717) is 0 Å². The van der Waals surface area contributed by atoms with Crippen molar-refractivity contribution >= 4 is 71.3 Å². The van der Waals surface area contributed by atoms with Crippen molar-refractivity contribution in [2.45, 2.75) is 0 Å². The fourth-order valence-electron chi connectivity index (χ4n) is 9.46. The number of hydrogen-bond acceptors (Lipinski definition) is 2. The zero-order valence-electron chi connectivity index (χ0n) is 33.9. The summed E-state index contributed by atoms with van der Waals surface area (Å²) in [6.07, 6.45) is 0. The Labute approximate surface area is 360 Å². The van der Waals surface area contributed by atoms with Gasteiger partial charge >= 0.3 is 0 Å². The van der Waals surface area contributed by atoms with Gasteiger partial charge in [0.25, 0.3) is 0 Å². The Kier molecular flexibility index (Phi) is 8.53. The van der Waals surface area contributed by atoms with Crippen LogP contribution in [0.1, 0.15) is 0 Å². The Hall–Kier alpha value is -8.20. The third kappa shape index (κ3) is 6.12. The SMILES string of the molecule is c1cc(-c2ccc(N(c3cccc(-c4cccc5ccccc45)c3)c3ccccc3-c3cccc4c3oc3cc5ccccc5cc34)cc2)cc(-c2cccc3ccccc23)c1. The topological polar surface area (TPSA) is 16.4 Å². The third-order valence-electron chi connectivity index (χ3n) is 12.4. The minimum atomic E-state index is 0.885. The van der Waals surface area contributed by atoms with Gasteiger partial charge in [0, 0.05) is 33.3 Å². The van der Waals surface area contributed by atoms with Gasteiger partial charge in [0.15, 0.2) is 0 Å². The Morgan fingerprint density at radius 2 is 0.790 bits per heavy atom. The number of para-hydroxylation sites is 2. The van der Waals surface area contributed by atoms with E-state index in [1.807, 2.05) is 0 Å². The van der Waals surface area contributed by atoms with Crippen molar-refractivity contribution in [1.82, 2.24) is 0 Å². The molecule has 0 unspecified atom stereocenters. The maximum Gasteiger partial charge on any atom is 0.143 e. The van der Waals surface area contributed by atoms with Crippen LogP contribution in [-0.4, -0.2) is 0 Å². The van der Waals surface area contributed by atoms with Gasteiger partial charge in [0.2, 0.25) is 0 Å². The van der Waals surface area contributed by atoms with Gasteiger partial charge in [-0.2, -0.15) is 0 Å². The third-order valence-corrected chi connectivity index (χ3v) is 12.4. The van der Waals surface area contributed by atoms with Gasteiger partial charge in [-0.1, -0.05) is 188 Å². The molecule has 1 heterocycles. The van der Waals surface area contributed by atoms with Crippen LogP contribution in [0.4, 0.5) is 17.1 Å². The molecule has 11 aromatic carbocycles. The molecule has 0 spiro atoms. The second kappa shape index (κ2) is 14.8. The van der Waals surface area contributed by atoms with Crippen LogP contribution in [0.2, 0.25) is 0 Å². The lowest BCUT2D eigenvalue weighted by Crippen LogP contribution is -2.11. The molecule has 0 radical (unpaired) electrons. The highest BCUT2D eigenvalue weighted by atomic mass is 16.3. The summed E-state index contributed by atoms with van der Waals surface area (Å²) in [6, 6.07) is 85.5. The first-order chi connectivity index (χ1) is 30.7. The van der Waals surface area contributed by atoms with E-state index in [1.165, 1.54) is 54.6 Å². The molecule has 12 aromatic rings. The first-order valence-electron chi connectivity index (χ1n) is 21.2. The lowest BCUT2D eigenvalue weighted by molar-refractivity contribution is 0.670. The standard InChI is InChI=1S/C60H39NO/c1-2-17-45-39-59-57(38-44(45)16-1)56-30-13-29-55(60(56)62-59)54-26-7-8-31-58(54)61(49-23-10-22-47(37-49)53-28-12-19-42-15-4-6-25-51(42)53)48-34-32-40(33-35-48)43-20-9-21-46(36-43)52-27-11-18-41-14-3-5-24-50(41)52/h1-39H. The van der Waals surface area contributed by atoms with Gasteiger partial charge in [-0.3, -0.25) is 0 Å². The predicted molar refractivity (Wildman–Crippen MR) is 263 cm³/mol. The second-order valence-electron chi connectivity index (χ2n) is 16.1. The van der Waals surface area contributed by atoms with E-state index >= 15 is 0 Å². The molecule has 0 N–H and O–H groups in total. The zero-order chi connectivity index (χ0) is 41.0. The molecular weight excluding hydrogens is 751 g/mol. The highest BCUT2D eigenvalue weighted by molar-refractivity contribution is 6.14. The number of furan rings is 1. The molecular formula is C60H39NO. The average Bonchev–Trinajstić information content (AvgIpc) is 3.71. The van der Waals surface area contributed by atoms with Crippen LogP contribution in [0, 0.1) is 0 Å². The summed E-state index contributed by atoms with van der Waals surface area (Å²) in [5.41, 5.74) is 14.3. The normalized spacial score (nSPS) is 11.5. The monoisotopic (exact) mass is 789 g/mol. The lowest BCUT2D eigenvalue weighted by atomic mass is 9.95. The number of fused-ring (bicyclic) bond motifs is 6. The van der Waals surface area contributed by atoms with Crippen LogP contribution in [0.5, 0.6) is 0 Å². The Morgan fingerprint density at radius 1 is 0.274 bits per heavy atom. The molecule has 0 aliphatic rings. The van der Waals surface area contributed by atoms with Crippen LogP contribution in [0.15, 0.2) is 241 Å². The van der Waals surface area contributed by atoms with E-state index < -0.39 is 0 Å². The summed E-state index contributed by atoms with van der Waals surface area (Å²) < 4.78 is 6.82. The molecule has 0 saturated carbocycles. The van der Waals surface area contributed by atoms with Crippen molar-refractivity contribution in [3.63, 3.8) is 0 Å². The molecule has 0 aliphatic carbocycles. The molecule has 12 rings (SSSR count). The van der Waals surface area contributed by atoms with Crippen molar-refractivity contribution in [3.05, 3.63) is 237 Å². The van der Waals surface area contributed by atoms with Crippen molar-refractivity contribution in [1.29, 1.82) is 0 Å². The molecule has 0 saturated heterocycles. The van der Waals surface area contributed by atoms with Gasteiger partial charge in [0.1, 0.15) is 11.2 Å². The lowest BCUT2D eigenvalue weighted by Gasteiger charge is -2.28. The van der Waals surface area contributed by atoms with Crippen LogP contribution >= 0.6 is 0 Å². The molecule has 0 fully saturated rings. The molecule has 1 aromatic heterocycles. The molecule has 62 heavy (non-hydrogen) atoms. The van der Waals surface area contributed by atoms with Crippen LogP contribution < -0.4 is 4.90 Å². The maximum atomic E-state index is 6.82. The van der Waals surface area contributed by atoms with Crippen molar-refractivity contribution < 1.29 is 4.42 Å². The van der Waals surface area contributed by atoms with Gasteiger partial charge in [-0.15, -0.1) is 0 Å². The van der Waals surface area contributed by atoms with E-state index in [4.69, 9.17) is 4.42 Å². The maximum absolute atomic E-state index is 6.82. The number of benzene rings is 11. The predicted octanol–water partition coefficient (Wildman–Crippen LogP) is 17.2. The van der Waals surface area contributed by atoms with E-state index in [0.717, 1.165) is 61.3 Å². The first kappa shape index (κ1) is 35.7. The fraction of sp³-hybridized carbons (Fsp3) is 0. The summed E-state index contributed by atoms with van der Waals surface area (Å²) in [6.45, 7) is 0. The molecule has 0 amide bonds. The van der Waals surface area contributed by atoms with Gasteiger partial charge in [-0.25, -0.2) is 0 Å². The number of nitrogens with zero attached hydrogens (tertiary/aromatic N) is 1. The highest BCUT2D eigenvalue weighted by Crippen LogP contribution is 2.46. The number of hydrogen-bond donors (Lipinski definition) is 0. The summed E-state index contributed by atoms with van der Waals surface area (Å²) >= 11 is 0. The van der Waals surface area contributed by atoms with Crippen LogP contribution in [0.25, 0.3) is 98.8 Å². The molecule has 2 heteroatoms. The van der Waals surface area contributed by atoms with Crippen LogP contribution in [0.3, 0.4) is 0 Å². The van der Waals surface area contributed by atoms with E-state index in [-0.39, 0.29) is 0 Å². The first-order valence-corrected chi connectivity index (χ1v) is 21.2. The quantitative estimate of drug-likeness (QED) is 0.160. The Morgan fingerprint density at radius 3 is 1.53 bits per heavy atom. The van der Waals surface area contributed by atoms with Crippen molar-refractivity contribution in [2.75, 3.05) is 4.90 Å². The molecule has 290 valence electrons. The Bertz CT molecular complexity index is 3640. The van der Waals surface area contributed by atoms with Gasteiger partial charge in [0.05, 0.1) is 5.69 Å². The average molecular weight is 790 g/mol. The van der Waals surface area contributed by atoms with Crippen molar-refractivity contribution in [2.24, 2.45) is 0 Å². The molecule has 2 nitrogen and oxygen atoms in total.